The Kier molecular flexibility index (Phi) is 6.70. The molecule has 5 aliphatic rings. The first-order valence-corrected chi connectivity index (χ1v) is 16.2. The largest absolute Gasteiger partial charge is 0.393 e. The number of non-ortho nitro benzene ring substituents is 1. The molecule has 8 atom stereocenters. The molecular weight excluding hydrogens is 578 g/mol. The maximum Gasteiger partial charge on any atom is 0.269 e. The van der Waals surface area contributed by atoms with Gasteiger partial charge in [0.25, 0.3) is 5.69 Å². The molecule has 2 aromatic rings. The molecule has 0 aromatic heterocycles. The number of hydrazone groups is 1. The molecule has 216 valence electrons. The molecule has 0 amide bonds. The third-order valence-electron chi connectivity index (χ3n) is 12.0. The number of para-hydroxylation sites is 1. The molecule has 7 heteroatoms. The second-order valence-corrected chi connectivity index (χ2v) is 14.6. The maximum absolute atomic E-state index is 11.6. The van der Waals surface area contributed by atoms with Crippen LogP contribution in [0, 0.1) is 44.6 Å². The Morgan fingerprint density at radius 2 is 1.85 bits per heavy atom. The van der Waals surface area contributed by atoms with Gasteiger partial charge in [-0.2, -0.15) is 5.10 Å². The second-order valence-electron chi connectivity index (χ2n) is 13.8. The SMILES string of the molecule is C[C@]12CC[C@H]3[C@@H](CC=C4C[C@@H](O)CC[C@@]43C)[C@@H]1CC[C@@H]2C1=NN(c2ccccc2Br)C(c2cccc([N+](=O)[O-])c2)C1. The monoisotopic (exact) mass is 617 g/mol. The molecule has 1 N–H and O–H groups in total. The van der Waals surface area contributed by atoms with Crippen molar-refractivity contribution in [2.75, 3.05) is 5.01 Å². The molecule has 3 saturated carbocycles. The highest BCUT2D eigenvalue weighted by Gasteiger charge is 2.60. The number of nitro benzene ring substituents is 1. The van der Waals surface area contributed by atoms with Gasteiger partial charge in [-0.25, -0.2) is 0 Å². The Bertz CT molecular complexity index is 1440. The highest BCUT2D eigenvalue weighted by atomic mass is 79.9. The van der Waals surface area contributed by atoms with E-state index in [9.17, 15) is 15.2 Å². The molecule has 3 fully saturated rings. The lowest BCUT2D eigenvalue weighted by Crippen LogP contribution is -2.51. The van der Waals surface area contributed by atoms with Crippen LogP contribution in [-0.4, -0.2) is 21.8 Å². The quantitative estimate of drug-likeness (QED) is 0.212. The zero-order valence-electron chi connectivity index (χ0n) is 24.0. The van der Waals surface area contributed by atoms with Crippen molar-refractivity contribution in [3.05, 3.63) is 80.3 Å². The van der Waals surface area contributed by atoms with Gasteiger partial charge in [0, 0.05) is 34.7 Å². The molecule has 6 nitrogen and oxygen atoms in total. The number of halogens is 1. The molecule has 1 unspecified atom stereocenters. The minimum absolute atomic E-state index is 0.0738. The lowest BCUT2D eigenvalue weighted by atomic mass is 9.47. The Morgan fingerprint density at radius 3 is 2.66 bits per heavy atom. The average Bonchev–Trinajstić information content (AvgIpc) is 3.55. The first kappa shape index (κ1) is 27.3. The zero-order valence-corrected chi connectivity index (χ0v) is 25.6. The number of benzene rings is 2. The number of hydrogen-bond acceptors (Lipinski definition) is 5. The average molecular weight is 619 g/mol. The van der Waals surface area contributed by atoms with Crippen molar-refractivity contribution < 1.29 is 10.0 Å². The predicted molar refractivity (Wildman–Crippen MR) is 166 cm³/mol. The molecule has 2 aromatic carbocycles. The highest BCUT2D eigenvalue weighted by molar-refractivity contribution is 9.10. The number of hydrogen-bond donors (Lipinski definition) is 1. The molecule has 1 aliphatic heterocycles. The summed E-state index contributed by atoms with van der Waals surface area (Å²) in [6.45, 7) is 5.04. The van der Waals surface area contributed by atoms with E-state index in [1.165, 1.54) is 37.0 Å². The standard InChI is InChI=1S/C34H40BrN3O3/c1-33-16-14-24(39)19-22(33)10-11-25-26-12-13-28(34(26,2)17-15-27(25)33)30-20-32(21-6-5-7-23(18-21)38(40)41)37(36-30)31-9-4-3-8-29(31)35/h3-10,18,24-28,32,39H,11-17,19-20H2,1-2H3/t24-,25-,26-,27-,28+,32?,33-,34-/m0/s1. The topological polar surface area (TPSA) is 79.0 Å². The van der Waals surface area contributed by atoms with E-state index in [2.05, 4.69) is 46.9 Å². The Morgan fingerprint density at radius 1 is 1.02 bits per heavy atom. The lowest BCUT2D eigenvalue weighted by molar-refractivity contribution is -0.384. The maximum atomic E-state index is 11.6. The minimum Gasteiger partial charge on any atom is -0.393 e. The van der Waals surface area contributed by atoms with Gasteiger partial charge in [-0.1, -0.05) is 49.8 Å². The van der Waals surface area contributed by atoms with E-state index in [-0.39, 0.29) is 33.6 Å². The number of nitro groups is 1. The van der Waals surface area contributed by atoms with E-state index in [4.69, 9.17) is 5.10 Å². The van der Waals surface area contributed by atoms with E-state index in [1.54, 1.807) is 18.2 Å². The van der Waals surface area contributed by atoms with Gasteiger partial charge in [0.2, 0.25) is 0 Å². The number of aliphatic hydroxyl groups excluding tert-OH is 1. The second kappa shape index (κ2) is 10.0. The summed E-state index contributed by atoms with van der Waals surface area (Å²) in [7, 11) is 0. The van der Waals surface area contributed by atoms with Crippen molar-refractivity contribution >= 4 is 33.0 Å². The van der Waals surface area contributed by atoms with Crippen LogP contribution >= 0.6 is 15.9 Å². The van der Waals surface area contributed by atoms with Crippen LogP contribution in [0.1, 0.15) is 83.2 Å². The molecular formula is C34H40BrN3O3. The van der Waals surface area contributed by atoms with Crippen molar-refractivity contribution in [3.8, 4) is 0 Å². The highest BCUT2D eigenvalue weighted by Crippen LogP contribution is 2.67. The van der Waals surface area contributed by atoms with E-state index in [0.717, 1.165) is 47.8 Å². The van der Waals surface area contributed by atoms with Crippen LogP contribution < -0.4 is 5.01 Å². The van der Waals surface area contributed by atoms with Gasteiger partial charge in [-0.15, -0.1) is 0 Å². The third kappa shape index (κ3) is 4.32. The van der Waals surface area contributed by atoms with Crippen LogP contribution in [0.2, 0.25) is 0 Å². The van der Waals surface area contributed by atoms with E-state index < -0.39 is 0 Å². The summed E-state index contributed by atoms with van der Waals surface area (Å²) in [5.74, 6) is 2.53. The number of fused-ring (bicyclic) bond motifs is 5. The van der Waals surface area contributed by atoms with Crippen LogP contribution in [-0.2, 0) is 0 Å². The number of nitrogens with zero attached hydrogens (tertiary/aromatic N) is 3. The molecule has 41 heavy (non-hydrogen) atoms. The summed E-state index contributed by atoms with van der Waals surface area (Å²) < 4.78 is 0.979. The predicted octanol–water partition coefficient (Wildman–Crippen LogP) is 8.60. The first-order valence-electron chi connectivity index (χ1n) is 15.4. The molecule has 0 saturated heterocycles. The normalized spacial score (nSPS) is 38.0. The summed E-state index contributed by atoms with van der Waals surface area (Å²) in [6, 6.07) is 15.2. The van der Waals surface area contributed by atoms with Crippen molar-refractivity contribution in [1.29, 1.82) is 0 Å². The fourth-order valence-corrected chi connectivity index (χ4v) is 10.4. The van der Waals surface area contributed by atoms with E-state index in [0.29, 0.717) is 23.7 Å². The Balaban J connectivity index is 1.21. The number of rotatable bonds is 4. The van der Waals surface area contributed by atoms with Gasteiger partial charge < -0.3 is 5.11 Å². The number of allylic oxidation sites excluding steroid dienone is 1. The molecule has 0 radical (unpaired) electrons. The molecule has 4 aliphatic carbocycles. The Hall–Kier alpha value is -2.51. The summed E-state index contributed by atoms with van der Waals surface area (Å²) in [5.41, 5.74) is 5.32. The summed E-state index contributed by atoms with van der Waals surface area (Å²) >= 11 is 3.75. The van der Waals surface area contributed by atoms with E-state index in [1.807, 2.05) is 24.3 Å². The van der Waals surface area contributed by atoms with Crippen LogP contribution in [0.4, 0.5) is 11.4 Å². The molecule has 7 rings (SSSR count). The zero-order chi connectivity index (χ0) is 28.5. The van der Waals surface area contributed by atoms with Crippen LogP contribution in [0.15, 0.2) is 69.8 Å². The summed E-state index contributed by atoms with van der Waals surface area (Å²) in [6.07, 6.45) is 12.1. The van der Waals surface area contributed by atoms with E-state index >= 15 is 0 Å². The van der Waals surface area contributed by atoms with Gasteiger partial charge in [0.05, 0.1) is 22.8 Å². The van der Waals surface area contributed by atoms with Gasteiger partial charge in [0.1, 0.15) is 0 Å². The van der Waals surface area contributed by atoms with Gasteiger partial charge in [-0.3, -0.25) is 15.1 Å². The van der Waals surface area contributed by atoms with Crippen molar-refractivity contribution in [3.63, 3.8) is 0 Å². The van der Waals surface area contributed by atoms with Gasteiger partial charge in [-0.05, 0) is 114 Å². The molecule has 0 spiro atoms. The smallest absolute Gasteiger partial charge is 0.269 e. The first-order chi connectivity index (χ1) is 19.7. The van der Waals surface area contributed by atoms with Gasteiger partial charge in [0.15, 0.2) is 0 Å². The Labute approximate surface area is 251 Å². The fraction of sp³-hybridized carbons (Fsp3) is 0.559. The number of aliphatic hydroxyl groups is 1. The van der Waals surface area contributed by atoms with Crippen LogP contribution in [0.3, 0.4) is 0 Å². The fourth-order valence-electron chi connectivity index (χ4n) is 9.90. The van der Waals surface area contributed by atoms with Crippen molar-refractivity contribution in [1.82, 2.24) is 0 Å². The third-order valence-corrected chi connectivity index (χ3v) is 12.6. The van der Waals surface area contributed by atoms with Crippen molar-refractivity contribution in [2.24, 2.45) is 39.6 Å². The molecule has 0 bridgehead atoms. The van der Waals surface area contributed by atoms with Gasteiger partial charge >= 0.3 is 0 Å². The number of anilines is 1. The summed E-state index contributed by atoms with van der Waals surface area (Å²) in [5, 5.41) is 29.5. The molecule has 1 heterocycles. The lowest BCUT2D eigenvalue weighted by Gasteiger charge is -2.58. The van der Waals surface area contributed by atoms with Crippen LogP contribution in [0.5, 0.6) is 0 Å². The van der Waals surface area contributed by atoms with Crippen molar-refractivity contribution in [2.45, 2.75) is 83.8 Å². The summed E-state index contributed by atoms with van der Waals surface area (Å²) in [4.78, 5) is 11.3. The van der Waals surface area contributed by atoms with Crippen LogP contribution in [0.25, 0.3) is 0 Å². The minimum atomic E-state index is -0.304.